The van der Waals surface area contributed by atoms with Crippen molar-refractivity contribution in [1.82, 2.24) is 4.90 Å². The Morgan fingerprint density at radius 3 is 2.39 bits per heavy atom. The van der Waals surface area contributed by atoms with Crippen molar-refractivity contribution in [1.29, 1.82) is 0 Å². The van der Waals surface area contributed by atoms with E-state index in [-0.39, 0.29) is 18.3 Å². The second-order valence-corrected chi connectivity index (χ2v) is 4.47. The summed E-state index contributed by atoms with van der Waals surface area (Å²) in [6.45, 7) is 4.20. The molecule has 0 bridgehead atoms. The van der Waals surface area contributed by atoms with Crippen LogP contribution in [-0.4, -0.2) is 37.1 Å². The Balaban J connectivity index is 0.00000162. The van der Waals surface area contributed by atoms with Gasteiger partial charge in [-0.3, -0.25) is 4.79 Å². The summed E-state index contributed by atoms with van der Waals surface area (Å²) in [5.41, 5.74) is 6.06. The second-order valence-electron chi connectivity index (χ2n) is 4.47. The quantitative estimate of drug-likeness (QED) is 0.877. The number of carbonyl (C=O) groups excluding carboxylic acids is 1. The first kappa shape index (κ1) is 15.0. The Hall–Kier alpha value is -1.10. The van der Waals surface area contributed by atoms with Gasteiger partial charge >= 0.3 is 0 Å². The molecule has 2 N–H and O–H groups in total. The average Bonchev–Trinajstić information content (AvgIpc) is 2.40. The number of nitrogens with zero attached hydrogens (tertiary/aromatic N) is 1. The Morgan fingerprint density at radius 2 is 1.83 bits per heavy atom. The standard InChI is InChI=1S/C13H18N2O2.ClH/c1-13(14,11-5-3-2-4-6-11)12(16)15-7-9-17-10-8-15;/h2-6H,7-10,14H2,1H3;1H. The number of halogens is 1. The number of benzene rings is 1. The largest absolute Gasteiger partial charge is 0.378 e. The van der Waals surface area contributed by atoms with Gasteiger partial charge in [-0.1, -0.05) is 30.3 Å². The highest BCUT2D eigenvalue weighted by Gasteiger charge is 2.34. The number of rotatable bonds is 2. The fourth-order valence-electron chi connectivity index (χ4n) is 2.00. The van der Waals surface area contributed by atoms with Gasteiger partial charge in [-0.25, -0.2) is 0 Å². The summed E-state index contributed by atoms with van der Waals surface area (Å²) < 4.78 is 5.23. The van der Waals surface area contributed by atoms with E-state index in [0.717, 1.165) is 5.56 Å². The zero-order valence-corrected chi connectivity index (χ0v) is 11.3. The lowest BCUT2D eigenvalue weighted by atomic mass is 9.91. The number of hydrogen-bond donors (Lipinski definition) is 1. The fraction of sp³-hybridized carbons (Fsp3) is 0.462. The second kappa shape index (κ2) is 6.18. The molecule has 1 amide bonds. The predicted octanol–water partition coefficient (Wildman–Crippen LogP) is 1.14. The molecule has 1 saturated heterocycles. The van der Waals surface area contributed by atoms with Crippen LogP contribution in [0.2, 0.25) is 0 Å². The maximum absolute atomic E-state index is 12.4. The van der Waals surface area contributed by atoms with Gasteiger partial charge in [0.25, 0.3) is 0 Å². The molecular weight excluding hydrogens is 252 g/mol. The molecule has 0 aromatic heterocycles. The molecule has 1 aromatic rings. The van der Waals surface area contributed by atoms with Crippen LogP contribution in [-0.2, 0) is 15.1 Å². The van der Waals surface area contributed by atoms with Crippen LogP contribution in [0.4, 0.5) is 0 Å². The van der Waals surface area contributed by atoms with E-state index in [4.69, 9.17) is 10.5 Å². The third kappa shape index (κ3) is 3.02. The Labute approximate surface area is 114 Å². The Kier molecular flexibility index (Phi) is 5.14. The summed E-state index contributed by atoms with van der Waals surface area (Å²) in [7, 11) is 0. The third-order valence-corrected chi connectivity index (χ3v) is 3.12. The zero-order valence-electron chi connectivity index (χ0n) is 10.5. The predicted molar refractivity (Wildman–Crippen MR) is 72.6 cm³/mol. The first-order valence-electron chi connectivity index (χ1n) is 5.84. The average molecular weight is 271 g/mol. The molecule has 1 atom stereocenters. The number of amides is 1. The maximum atomic E-state index is 12.4. The molecule has 4 nitrogen and oxygen atoms in total. The molecule has 2 rings (SSSR count). The molecule has 5 heteroatoms. The van der Waals surface area contributed by atoms with Gasteiger partial charge < -0.3 is 15.4 Å². The topological polar surface area (TPSA) is 55.6 Å². The van der Waals surface area contributed by atoms with E-state index in [1.165, 1.54) is 0 Å². The van der Waals surface area contributed by atoms with Crippen LogP contribution >= 0.6 is 12.4 Å². The molecule has 100 valence electrons. The van der Waals surface area contributed by atoms with Gasteiger partial charge in [-0.05, 0) is 12.5 Å². The normalized spacial score (nSPS) is 18.7. The zero-order chi connectivity index (χ0) is 12.3. The molecule has 0 saturated carbocycles. The fourth-order valence-corrected chi connectivity index (χ4v) is 2.00. The van der Waals surface area contributed by atoms with Crippen molar-refractivity contribution < 1.29 is 9.53 Å². The SMILES string of the molecule is CC(N)(C(=O)N1CCOCC1)c1ccccc1.Cl. The molecule has 1 aliphatic rings. The lowest BCUT2D eigenvalue weighted by Gasteiger charge is -2.34. The van der Waals surface area contributed by atoms with Crippen molar-refractivity contribution in [3.05, 3.63) is 35.9 Å². The summed E-state index contributed by atoms with van der Waals surface area (Å²) >= 11 is 0. The summed E-state index contributed by atoms with van der Waals surface area (Å²) in [4.78, 5) is 14.1. The van der Waals surface area contributed by atoms with E-state index in [0.29, 0.717) is 26.3 Å². The minimum absolute atomic E-state index is 0. The van der Waals surface area contributed by atoms with Gasteiger partial charge in [0, 0.05) is 13.1 Å². The highest BCUT2D eigenvalue weighted by atomic mass is 35.5. The van der Waals surface area contributed by atoms with E-state index in [2.05, 4.69) is 0 Å². The first-order chi connectivity index (χ1) is 8.12. The summed E-state index contributed by atoms with van der Waals surface area (Å²) in [6.07, 6.45) is 0. The van der Waals surface area contributed by atoms with Gasteiger partial charge in [0.2, 0.25) is 5.91 Å². The minimum atomic E-state index is -0.960. The van der Waals surface area contributed by atoms with Gasteiger partial charge in [0.05, 0.1) is 13.2 Å². The van der Waals surface area contributed by atoms with Gasteiger partial charge in [0.15, 0.2) is 0 Å². The van der Waals surface area contributed by atoms with Crippen molar-refractivity contribution >= 4 is 18.3 Å². The molecule has 0 radical (unpaired) electrons. The summed E-state index contributed by atoms with van der Waals surface area (Å²) in [5.74, 6) is -0.0352. The van der Waals surface area contributed by atoms with Crippen molar-refractivity contribution in [2.24, 2.45) is 5.73 Å². The molecule has 1 fully saturated rings. The first-order valence-corrected chi connectivity index (χ1v) is 5.84. The van der Waals surface area contributed by atoms with E-state index >= 15 is 0 Å². The monoisotopic (exact) mass is 270 g/mol. The molecule has 1 aromatic carbocycles. The van der Waals surface area contributed by atoms with Gasteiger partial charge in [-0.15, -0.1) is 12.4 Å². The molecule has 1 unspecified atom stereocenters. The molecule has 0 aliphatic carbocycles. The highest BCUT2D eigenvalue weighted by molar-refractivity contribution is 5.87. The van der Waals surface area contributed by atoms with E-state index in [1.807, 2.05) is 30.3 Å². The smallest absolute Gasteiger partial charge is 0.247 e. The number of nitrogens with two attached hydrogens (primary N) is 1. The van der Waals surface area contributed by atoms with Crippen LogP contribution in [0.3, 0.4) is 0 Å². The number of morpholine rings is 1. The van der Waals surface area contributed by atoms with Crippen LogP contribution in [0.5, 0.6) is 0 Å². The van der Waals surface area contributed by atoms with Gasteiger partial charge in [0.1, 0.15) is 5.54 Å². The van der Waals surface area contributed by atoms with Crippen molar-refractivity contribution in [3.63, 3.8) is 0 Å². The Morgan fingerprint density at radius 1 is 1.28 bits per heavy atom. The lowest BCUT2D eigenvalue weighted by molar-refractivity contribution is -0.140. The van der Waals surface area contributed by atoms with E-state index in [9.17, 15) is 4.79 Å². The van der Waals surface area contributed by atoms with Crippen LogP contribution in [0.25, 0.3) is 0 Å². The number of carbonyl (C=O) groups is 1. The van der Waals surface area contributed by atoms with Crippen LogP contribution in [0.1, 0.15) is 12.5 Å². The summed E-state index contributed by atoms with van der Waals surface area (Å²) in [6, 6.07) is 9.48. The molecule has 1 heterocycles. The lowest BCUT2D eigenvalue weighted by Crippen LogP contribution is -2.53. The Bertz CT molecular complexity index is 389. The minimum Gasteiger partial charge on any atom is -0.378 e. The van der Waals surface area contributed by atoms with Crippen molar-refractivity contribution in [3.8, 4) is 0 Å². The third-order valence-electron chi connectivity index (χ3n) is 3.12. The summed E-state index contributed by atoms with van der Waals surface area (Å²) in [5, 5.41) is 0. The number of hydrogen-bond acceptors (Lipinski definition) is 3. The molecule has 18 heavy (non-hydrogen) atoms. The molecule has 0 spiro atoms. The van der Waals surface area contributed by atoms with E-state index in [1.54, 1.807) is 11.8 Å². The van der Waals surface area contributed by atoms with Crippen LogP contribution in [0, 0.1) is 0 Å². The van der Waals surface area contributed by atoms with Crippen molar-refractivity contribution in [2.45, 2.75) is 12.5 Å². The molecule has 1 aliphatic heterocycles. The van der Waals surface area contributed by atoms with Crippen LogP contribution < -0.4 is 5.73 Å². The number of ether oxygens (including phenoxy) is 1. The maximum Gasteiger partial charge on any atom is 0.247 e. The van der Waals surface area contributed by atoms with Crippen LogP contribution in [0.15, 0.2) is 30.3 Å². The van der Waals surface area contributed by atoms with E-state index < -0.39 is 5.54 Å². The highest BCUT2D eigenvalue weighted by Crippen LogP contribution is 2.20. The van der Waals surface area contributed by atoms with Gasteiger partial charge in [-0.2, -0.15) is 0 Å². The molecular formula is C13H19ClN2O2. The van der Waals surface area contributed by atoms with Crippen molar-refractivity contribution in [2.75, 3.05) is 26.3 Å².